The highest BCUT2D eigenvalue weighted by Crippen LogP contribution is 2.25. The van der Waals surface area contributed by atoms with Crippen LogP contribution >= 0.6 is 22.7 Å². The molecule has 0 bridgehead atoms. The molecule has 2 amide bonds. The minimum absolute atomic E-state index is 0.226. The van der Waals surface area contributed by atoms with E-state index in [1.165, 1.54) is 11.3 Å². The fraction of sp³-hybridized carbons (Fsp3) is 0.0588. The number of hydrogen-bond donors (Lipinski definition) is 2. The maximum Gasteiger partial charge on any atom is 0.289 e. The van der Waals surface area contributed by atoms with Crippen LogP contribution in [0.4, 0.5) is 0 Å². The van der Waals surface area contributed by atoms with Gasteiger partial charge in [-0.15, -0.1) is 11.3 Å². The first-order chi connectivity index (χ1) is 12.7. The van der Waals surface area contributed by atoms with Crippen molar-refractivity contribution in [2.24, 2.45) is 0 Å². The minimum Gasteiger partial charge on any atom is -0.484 e. The maximum atomic E-state index is 12.0. The molecule has 0 aliphatic rings. The monoisotopic (exact) mass is 384 g/mol. The summed E-state index contributed by atoms with van der Waals surface area (Å²) in [5.41, 5.74) is 6.25. The number of nitrogens with zero attached hydrogens (tertiary/aromatic N) is 2. The van der Waals surface area contributed by atoms with Gasteiger partial charge >= 0.3 is 0 Å². The Morgan fingerprint density at radius 2 is 1.96 bits per heavy atom. The molecule has 0 fully saturated rings. The number of hydrazine groups is 1. The van der Waals surface area contributed by atoms with Crippen molar-refractivity contribution in [3.63, 3.8) is 0 Å². The second-order valence-electron chi connectivity index (χ2n) is 4.98. The fourth-order valence-corrected chi connectivity index (χ4v) is 3.41. The third-order valence-electron chi connectivity index (χ3n) is 3.17. The summed E-state index contributed by atoms with van der Waals surface area (Å²) in [6.45, 7) is -0.274. The predicted octanol–water partition coefficient (Wildman–Crippen LogP) is 2.58. The SMILES string of the molecule is N#Cc1ccc(OCC(=O)NNC(=O)c2csc(-c3ccsc3)n2)cc1. The molecule has 0 unspecified atom stereocenters. The van der Waals surface area contributed by atoms with E-state index >= 15 is 0 Å². The first kappa shape index (κ1) is 17.6. The number of thiazole rings is 1. The molecule has 2 N–H and O–H groups in total. The van der Waals surface area contributed by atoms with Crippen LogP contribution in [0.5, 0.6) is 5.75 Å². The molecule has 2 aromatic heterocycles. The molecule has 7 nitrogen and oxygen atoms in total. The van der Waals surface area contributed by atoms with Crippen LogP contribution in [0.15, 0.2) is 46.5 Å². The Morgan fingerprint density at radius 3 is 2.65 bits per heavy atom. The second-order valence-corrected chi connectivity index (χ2v) is 6.62. The molecule has 0 atom stereocenters. The number of thiophene rings is 1. The summed E-state index contributed by atoms with van der Waals surface area (Å²) in [4.78, 5) is 28.0. The van der Waals surface area contributed by atoms with Crippen molar-refractivity contribution in [1.82, 2.24) is 15.8 Å². The van der Waals surface area contributed by atoms with Crippen LogP contribution in [0, 0.1) is 11.3 Å². The van der Waals surface area contributed by atoms with E-state index in [0.717, 1.165) is 10.6 Å². The smallest absolute Gasteiger partial charge is 0.289 e. The quantitative estimate of drug-likeness (QED) is 0.658. The lowest BCUT2D eigenvalue weighted by molar-refractivity contribution is -0.123. The highest BCUT2D eigenvalue weighted by Gasteiger charge is 2.13. The number of ether oxygens (including phenoxy) is 1. The van der Waals surface area contributed by atoms with Crippen molar-refractivity contribution in [2.75, 3.05) is 6.61 Å². The number of nitrogens with one attached hydrogen (secondary N) is 2. The Balaban J connectivity index is 1.46. The van der Waals surface area contributed by atoms with Crippen LogP contribution in [0.2, 0.25) is 0 Å². The third kappa shape index (κ3) is 4.44. The van der Waals surface area contributed by atoms with Crippen LogP contribution in [-0.4, -0.2) is 23.4 Å². The molecular weight excluding hydrogens is 372 g/mol. The summed E-state index contributed by atoms with van der Waals surface area (Å²) in [5.74, 6) is -0.573. The van der Waals surface area contributed by atoms with E-state index in [2.05, 4.69) is 15.8 Å². The van der Waals surface area contributed by atoms with Crippen LogP contribution in [-0.2, 0) is 4.79 Å². The zero-order valence-electron chi connectivity index (χ0n) is 13.3. The van der Waals surface area contributed by atoms with E-state index in [9.17, 15) is 9.59 Å². The Labute approximate surface area is 156 Å². The Kier molecular flexibility index (Phi) is 5.58. The van der Waals surface area contributed by atoms with E-state index in [1.54, 1.807) is 41.0 Å². The highest BCUT2D eigenvalue weighted by atomic mass is 32.1. The maximum absolute atomic E-state index is 12.0. The molecular formula is C17H12N4O3S2. The summed E-state index contributed by atoms with van der Waals surface area (Å²) in [5, 5.41) is 15.0. The third-order valence-corrected chi connectivity index (χ3v) is 4.75. The molecule has 0 aliphatic carbocycles. The molecule has 0 saturated carbocycles. The van der Waals surface area contributed by atoms with E-state index in [0.29, 0.717) is 11.3 Å². The van der Waals surface area contributed by atoms with Gasteiger partial charge in [-0.3, -0.25) is 20.4 Å². The van der Waals surface area contributed by atoms with Gasteiger partial charge in [0.2, 0.25) is 0 Å². The van der Waals surface area contributed by atoms with E-state index < -0.39 is 11.8 Å². The van der Waals surface area contributed by atoms with Crippen LogP contribution in [0.25, 0.3) is 10.6 Å². The normalized spacial score (nSPS) is 9.96. The number of nitriles is 1. The molecule has 26 heavy (non-hydrogen) atoms. The molecule has 9 heteroatoms. The standard InChI is InChI=1S/C17H12N4O3S2/c18-7-11-1-3-13(4-2-11)24-8-15(22)20-21-16(23)14-10-26-17(19-14)12-5-6-25-9-12/h1-6,9-10H,8H2,(H,20,22)(H,21,23). The number of benzene rings is 1. The average molecular weight is 384 g/mol. The summed E-state index contributed by atoms with van der Waals surface area (Å²) >= 11 is 2.91. The van der Waals surface area contributed by atoms with Gasteiger partial charge in [0, 0.05) is 16.3 Å². The zero-order valence-corrected chi connectivity index (χ0v) is 14.9. The van der Waals surface area contributed by atoms with E-state index in [4.69, 9.17) is 10.00 Å². The summed E-state index contributed by atoms with van der Waals surface area (Å²) in [6, 6.07) is 10.3. The molecule has 0 radical (unpaired) electrons. The van der Waals surface area contributed by atoms with Crippen LogP contribution in [0.3, 0.4) is 0 Å². The first-order valence-corrected chi connectivity index (χ1v) is 9.18. The Hall–Kier alpha value is -3.22. The molecule has 3 aromatic rings. The van der Waals surface area contributed by atoms with Gasteiger partial charge in [0.15, 0.2) is 6.61 Å². The van der Waals surface area contributed by atoms with Crippen molar-refractivity contribution in [3.05, 3.63) is 57.7 Å². The summed E-state index contributed by atoms with van der Waals surface area (Å²) < 4.78 is 5.27. The van der Waals surface area contributed by atoms with Gasteiger partial charge in [-0.2, -0.15) is 16.6 Å². The van der Waals surface area contributed by atoms with Gasteiger partial charge in [0.25, 0.3) is 11.8 Å². The van der Waals surface area contributed by atoms with Crippen molar-refractivity contribution in [2.45, 2.75) is 0 Å². The van der Waals surface area contributed by atoms with Crippen molar-refractivity contribution >= 4 is 34.5 Å². The van der Waals surface area contributed by atoms with E-state index in [-0.39, 0.29) is 12.3 Å². The lowest BCUT2D eigenvalue weighted by atomic mass is 10.2. The largest absolute Gasteiger partial charge is 0.484 e. The number of hydrogen-bond acceptors (Lipinski definition) is 7. The predicted molar refractivity (Wildman–Crippen MR) is 97.7 cm³/mol. The van der Waals surface area contributed by atoms with Gasteiger partial charge in [-0.25, -0.2) is 4.98 Å². The lowest BCUT2D eigenvalue weighted by Crippen LogP contribution is -2.43. The highest BCUT2D eigenvalue weighted by molar-refractivity contribution is 7.14. The summed E-state index contributed by atoms with van der Waals surface area (Å²) in [6.07, 6.45) is 0. The lowest BCUT2D eigenvalue weighted by Gasteiger charge is -2.08. The van der Waals surface area contributed by atoms with Gasteiger partial charge in [-0.05, 0) is 35.7 Å². The molecule has 1 aromatic carbocycles. The van der Waals surface area contributed by atoms with Gasteiger partial charge in [0.1, 0.15) is 16.5 Å². The first-order valence-electron chi connectivity index (χ1n) is 7.36. The fourth-order valence-electron chi connectivity index (χ4n) is 1.90. The topological polar surface area (TPSA) is 104 Å². The van der Waals surface area contributed by atoms with Crippen LogP contribution < -0.4 is 15.6 Å². The van der Waals surface area contributed by atoms with Gasteiger partial charge < -0.3 is 4.74 Å². The summed E-state index contributed by atoms with van der Waals surface area (Å²) in [7, 11) is 0. The number of rotatable bonds is 5. The Morgan fingerprint density at radius 1 is 1.15 bits per heavy atom. The molecule has 2 heterocycles. The van der Waals surface area contributed by atoms with Crippen molar-refractivity contribution in [3.8, 4) is 22.4 Å². The number of amides is 2. The van der Waals surface area contributed by atoms with Gasteiger partial charge in [-0.1, -0.05) is 0 Å². The van der Waals surface area contributed by atoms with Crippen molar-refractivity contribution in [1.29, 1.82) is 5.26 Å². The molecule has 0 spiro atoms. The molecule has 130 valence electrons. The molecule has 0 aliphatic heterocycles. The number of carbonyl (C=O) groups is 2. The number of aromatic nitrogens is 1. The molecule has 0 saturated heterocycles. The number of carbonyl (C=O) groups excluding carboxylic acids is 2. The Bertz CT molecular complexity index is 943. The minimum atomic E-state index is -0.518. The van der Waals surface area contributed by atoms with Gasteiger partial charge in [0.05, 0.1) is 11.6 Å². The van der Waals surface area contributed by atoms with E-state index in [1.807, 2.05) is 22.9 Å². The van der Waals surface area contributed by atoms with Crippen LogP contribution in [0.1, 0.15) is 16.1 Å². The zero-order chi connectivity index (χ0) is 18.4. The van der Waals surface area contributed by atoms with Crippen molar-refractivity contribution < 1.29 is 14.3 Å². The molecule has 3 rings (SSSR count). The average Bonchev–Trinajstić information content (AvgIpc) is 3.36. The second kappa shape index (κ2) is 8.24.